The second kappa shape index (κ2) is 9.17. The second-order valence-electron chi connectivity index (χ2n) is 7.16. The Morgan fingerprint density at radius 3 is 2.59 bits per heavy atom. The molecule has 162 valence electrons. The maximum Gasteiger partial charge on any atom is 0.356 e. The van der Waals surface area contributed by atoms with Crippen molar-refractivity contribution in [3.05, 3.63) is 77.9 Å². The number of nitrogens with zero attached hydrogens (tertiary/aromatic N) is 3. The van der Waals surface area contributed by atoms with E-state index in [1.54, 1.807) is 14.0 Å². The molecule has 0 aliphatic carbocycles. The molecule has 0 atom stereocenters. The van der Waals surface area contributed by atoms with Crippen molar-refractivity contribution in [1.82, 2.24) is 21.3 Å². The van der Waals surface area contributed by atoms with Crippen molar-refractivity contribution < 1.29 is 14.3 Å². The number of hydrazone groups is 2. The first kappa shape index (κ1) is 20.9. The van der Waals surface area contributed by atoms with Crippen molar-refractivity contribution in [3.63, 3.8) is 0 Å². The molecule has 0 bridgehead atoms. The Hall–Kier alpha value is -4.40. The highest BCUT2D eigenvalue weighted by Crippen LogP contribution is 2.23. The van der Waals surface area contributed by atoms with Gasteiger partial charge in [-0.3, -0.25) is 0 Å². The Morgan fingerprint density at radius 1 is 1.06 bits per heavy atom. The summed E-state index contributed by atoms with van der Waals surface area (Å²) in [5.41, 5.74) is 10.2. The number of fused-ring (bicyclic) bond motifs is 1. The van der Waals surface area contributed by atoms with Crippen molar-refractivity contribution in [3.8, 4) is 5.75 Å². The number of ether oxygens (including phenoxy) is 1. The number of urea groups is 2. The Labute approximate surface area is 184 Å². The molecule has 3 N–H and O–H groups in total. The largest absolute Gasteiger partial charge is 0.497 e. The molecule has 1 aliphatic rings. The van der Waals surface area contributed by atoms with E-state index in [2.05, 4.69) is 26.5 Å². The number of hydrazine groups is 1. The van der Waals surface area contributed by atoms with Gasteiger partial charge < -0.3 is 4.74 Å². The van der Waals surface area contributed by atoms with E-state index in [-0.39, 0.29) is 6.54 Å². The molecule has 3 aromatic carbocycles. The van der Waals surface area contributed by atoms with Gasteiger partial charge in [-0.1, -0.05) is 48.5 Å². The van der Waals surface area contributed by atoms with E-state index in [1.165, 1.54) is 0 Å². The Kier molecular flexibility index (Phi) is 5.98. The molecule has 4 amide bonds. The summed E-state index contributed by atoms with van der Waals surface area (Å²) < 4.78 is 5.29. The summed E-state index contributed by atoms with van der Waals surface area (Å²) in [5, 5.41) is 11.3. The van der Waals surface area contributed by atoms with Gasteiger partial charge in [-0.15, -0.1) is 0 Å². The average Bonchev–Trinajstić information content (AvgIpc) is 2.82. The maximum atomic E-state index is 12.4. The summed E-state index contributed by atoms with van der Waals surface area (Å²) >= 11 is 0. The SMILES string of the molecule is COc1ccc2cc(/C(=N/NC(=O)NN3CC(C)=NNC3=O)c3ccccc3)ccc2c1. The van der Waals surface area contributed by atoms with E-state index in [4.69, 9.17) is 4.74 Å². The van der Waals surface area contributed by atoms with Gasteiger partial charge in [0.25, 0.3) is 0 Å². The van der Waals surface area contributed by atoms with Crippen LogP contribution in [0, 0.1) is 0 Å². The summed E-state index contributed by atoms with van der Waals surface area (Å²) in [4.78, 5) is 24.3. The molecule has 0 aromatic heterocycles. The van der Waals surface area contributed by atoms with Crippen LogP contribution in [0.2, 0.25) is 0 Å². The van der Waals surface area contributed by atoms with Gasteiger partial charge in [-0.25, -0.2) is 30.9 Å². The topological polar surface area (TPSA) is 107 Å². The number of methoxy groups -OCH3 is 1. The molecule has 0 spiro atoms. The number of carbonyl (C=O) groups is 2. The molecular formula is C23H22N6O3. The lowest BCUT2D eigenvalue weighted by molar-refractivity contribution is 0.173. The van der Waals surface area contributed by atoms with Crippen LogP contribution < -0.4 is 21.0 Å². The van der Waals surface area contributed by atoms with Gasteiger partial charge in [0.1, 0.15) is 5.75 Å². The molecule has 0 unspecified atom stereocenters. The standard InChI is InChI=1S/C23H22N6O3/c1-15-14-29(23(31)27-24-15)28-22(30)26-25-21(16-6-4-3-5-7-16)19-9-8-18-13-20(32-2)11-10-17(18)12-19/h3-13H,14H2,1-2H3,(H,27,31)(H2,26,28,30)/b25-21+. The van der Waals surface area contributed by atoms with Crippen LogP contribution in [-0.4, -0.2) is 42.1 Å². The van der Waals surface area contributed by atoms with Gasteiger partial charge in [0.2, 0.25) is 0 Å². The van der Waals surface area contributed by atoms with Crippen LogP contribution in [0.1, 0.15) is 18.1 Å². The zero-order chi connectivity index (χ0) is 22.5. The fraction of sp³-hybridized carbons (Fsp3) is 0.130. The van der Waals surface area contributed by atoms with Crippen LogP contribution in [0.3, 0.4) is 0 Å². The minimum absolute atomic E-state index is 0.183. The molecule has 3 aromatic rings. The van der Waals surface area contributed by atoms with E-state index in [0.717, 1.165) is 32.7 Å². The number of benzene rings is 3. The predicted molar refractivity (Wildman–Crippen MR) is 123 cm³/mol. The van der Waals surface area contributed by atoms with E-state index >= 15 is 0 Å². The molecule has 9 nitrogen and oxygen atoms in total. The lowest BCUT2D eigenvalue weighted by atomic mass is 9.99. The minimum Gasteiger partial charge on any atom is -0.497 e. The second-order valence-corrected chi connectivity index (χ2v) is 7.16. The van der Waals surface area contributed by atoms with Crippen LogP contribution in [0.25, 0.3) is 10.8 Å². The average molecular weight is 430 g/mol. The van der Waals surface area contributed by atoms with Crippen LogP contribution in [0.5, 0.6) is 5.75 Å². The molecule has 1 heterocycles. The van der Waals surface area contributed by atoms with E-state index in [0.29, 0.717) is 11.4 Å². The number of hydrogen-bond acceptors (Lipinski definition) is 5. The smallest absolute Gasteiger partial charge is 0.356 e. The third-order valence-corrected chi connectivity index (χ3v) is 4.85. The van der Waals surface area contributed by atoms with Crippen LogP contribution in [-0.2, 0) is 0 Å². The molecule has 0 saturated carbocycles. The van der Waals surface area contributed by atoms with E-state index in [9.17, 15) is 9.59 Å². The first-order chi connectivity index (χ1) is 15.5. The first-order valence-corrected chi connectivity index (χ1v) is 9.92. The van der Waals surface area contributed by atoms with Crippen LogP contribution in [0.4, 0.5) is 9.59 Å². The van der Waals surface area contributed by atoms with Crippen molar-refractivity contribution >= 4 is 34.3 Å². The fourth-order valence-corrected chi connectivity index (χ4v) is 3.27. The molecule has 0 saturated heterocycles. The third kappa shape index (κ3) is 4.67. The summed E-state index contributed by atoms with van der Waals surface area (Å²) in [6.07, 6.45) is 0. The summed E-state index contributed by atoms with van der Waals surface area (Å²) in [7, 11) is 1.63. The molecule has 0 fully saturated rings. The summed E-state index contributed by atoms with van der Waals surface area (Å²) in [6, 6.07) is 20.1. The molecule has 0 radical (unpaired) electrons. The lowest BCUT2D eigenvalue weighted by Gasteiger charge is -2.25. The Balaban J connectivity index is 1.60. The van der Waals surface area contributed by atoms with Crippen molar-refractivity contribution in [2.45, 2.75) is 6.92 Å². The van der Waals surface area contributed by atoms with E-state index in [1.807, 2.05) is 66.7 Å². The zero-order valence-electron chi connectivity index (χ0n) is 17.6. The quantitative estimate of drug-likeness (QED) is 0.427. The highest BCUT2D eigenvalue weighted by Gasteiger charge is 2.20. The van der Waals surface area contributed by atoms with Crippen molar-refractivity contribution in [1.29, 1.82) is 0 Å². The van der Waals surface area contributed by atoms with E-state index < -0.39 is 12.1 Å². The monoisotopic (exact) mass is 430 g/mol. The minimum atomic E-state index is -0.645. The molecular weight excluding hydrogens is 408 g/mol. The lowest BCUT2D eigenvalue weighted by Crippen LogP contribution is -2.56. The van der Waals surface area contributed by atoms with Crippen LogP contribution >= 0.6 is 0 Å². The number of amides is 4. The summed E-state index contributed by atoms with van der Waals surface area (Å²) in [6.45, 7) is 1.93. The van der Waals surface area contributed by atoms with Gasteiger partial charge >= 0.3 is 12.1 Å². The number of hydrogen-bond donors (Lipinski definition) is 3. The first-order valence-electron chi connectivity index (χ1n) is 9.92. The molecule has 32 heavy (non-hydrogen) atoms. The van der Waals surface area contributed by atoms with Crippen LogP contribution in [0.15, 0.2) is 76.9 Å². The van der Waals surface area contributed by atoms with Gasteiger partial charge in [-0.05, 0) is 35.9 Å². The predicted octanol–water partition coefficient (Wildman–Crippen LogP) is 3.22. The van der Waals surface area contributed by atoms with Gasteiger partial charge in [-0.2, -0.15) is 10.2 Å². The Bertz CT molecular complexity index is 1220. The number of carbonyl (C=O) groups excluding carboxylic acids is 2. The van der Waals surface area contributed by atoms with Gasteiger partial charge in [0.05, 0.1) is 25.1 Å². The summed E-state index contributed by atoms with van der Waals surface area (Å²) in [5.74, 6) is 0.780. The zero-order valence-corrected chi connectivity index (χ0v) is 17.6. The molecule has 1 aliphatic heterocycles. The van der Waals surface area contributed by atoms with Gasteiger partial charge in [0, 0.05) is 11.1 Å². The fourth-order valence-electron chi connectivity index (χ4n) is 3.27. The number of nitrogens with one attached hydrogen (secondary N) is 3. The maximum absolute atomic E-state index is 12.4. The van der Waals surface area contributed by atoms with Crippen molar-refractivity contribution in [2.24, 2.45) is 10.2 Å². The highest BCUT2D eigenvalue weighted by atomic mass is 16.5. The van der Waals surface area contributed by atoms with Crippen molar-refractivity contribution in [2.75, 3.05) is 13.7 Å². The van der Waals surface area contributed by atoms with Gasteiger partial charge in [0.15, 0.2) is 0 Å². The molecule has 9 heteroatoms. The highest BCUT2D eigenvalue weighted by molar-refractivity contribution is 6.14. The molecule has 4 rings (SSSR count). The normalized spacial score (nSPS) is 13.9. The Morgan fingerprint density at radius 2 is 1.81 bits per heavy atom. The third-order valence-electron chi connectivity index (χ3n) is 4.85. The number of rotatable bonds is 5.